The van der Waals surface area contributed by atoms with Gasteiger partial charge in [0.05, 0.1) is 5.25 Å². The van der Waals surface area contributed by atoms with Crippen LogP contribution < -0.4 is 11.3 Å². The molecule has 3 N–H and O–H groups in total. The Bertz CT molecular complexity index is 563. The molecule has 0 radical (unpaired) electrons. The fourth-order valence-corrected chi connectivity index (χ4v) is 3.52. The number of nitrogens with one attached hydrogen (secondary N) is 1. The van der Waals surface area contributed by atoms with E-state index < -0.39 is 0 Å². The number of aryl methyl sites for hydroxylation is 1. The monoisotopic (exact) mass is 281 g/mol. The number of nitrogens with two attached hydrogens (primary N) is 1. The highest BCUT2D eigenvalue weighted by Crippen LogP contribution is 2.35. The number of hydrogen-bond acceptors (Lipinski definition) is 5. The van der Waals surface area contributed by atoms with Crippen LogP contribution in [0.25, 0.3) is 0 Å². The van der Waals surface area contributed by atoms with E-state index in [2.05, 4.69) is 21.4 Å². The average Bonchev–Trinajstić information content (AvgIpc) is 2.77. The first kappa shape index (κ1) is 13.3. The van der Waals surface area contributed by atoms with E-state index in [-0.39, 0.29) is 16.9 Å². The fourth-order valence-electron chi connectivity index (χ4n) is 1.64. The van der Waals surface area contributed by atoms with Crippen LogP contribution >= 0.6 is 23.1 Å². The number of thioether (sulfide) groups is 1. The van der Waals surface area contributed by atoms with E-state index in [9.17, 15) is 4.79 Å². The zero-order chi connectivity index (χ0) is 13.1. The third-order valence-corrected chi connectivity index (χ3v) is 4.51. The number of aromatic amines is 1. The molecule has 0 spiro atoms. The van der Waals surface area contributed by atoms with E-state index in [1.807, 2.05) is 19.2 Å². The van der Waals surface area contributed by atoms with Gasteiger partial charge in [-0.3, -0.25) is 4.79 Å². The predicted molar refractivity (Wildman–Crippen MR) is 76.2 cm³/mol. The number of thiophene rings is 1. The summed E-state index contributed by atoms with van der Waals surface area (Å²) in [5, 5.41) is 4.82. The van der Waals surface area contributed by atoms with E-state index in [4.69, 9.17) is 5.73 Å². The van der Waals surface area contributed by atoms with Gasteiger partial charge in [0.1, 0.15) is 0 Å². The maximum atomic E-state index is 11.4. The topological polar surface area (TPSA) is 71.8 Å². The lowest BCUT2D eigenvalue weighted by molar-refractivity contribution is 0.718. The van der Waals surface area contributed by atoms with Gasteiger partial charge >= 0.3 is 0 Å². The molecule has 0 aliphatic rings. The molecule has 0 aliphatic carbocycles. The molecule has 2 atom stereocenters. The quantitative estimate of drug-likeness (QED) is 0.666. The molecule has 2 heterocycles. The number of nitrogens with zero attached hydrogens (tertiary/aromatic N) is 1. The minimum absolute atomic E-state index is 0.0181. The maximum Gasteiger partial charge on any atom is 0.251 e. The molecule has 6 heteroatoms. The van der Waals surface area contributed by atoms with Crippen LogP contribution in [0.2, 0.25) is 0 Å². The molecule has 0 aromatic carbocycles. The first-order valence-corrected chi connectivity index (χ1v) is 7.41. The first-order valence-electron chi connectivity index (χ1n) is 5.58. The molecule has 0 amide bonds. The van der Waals surface area contributed by atoms with Crippen molar-refractivity contribution in [2.24, 2.45) is 5.73 Å². The van der Waals surface area contributed by atoms with Crippen molar-refractivity contribution in [3.63, 3.8) is 0 Å². The van der Waals surface area contributed by atoms with Crippen molar-refractivity contribution in [2.45, 2.75) is 30.3 Å². The Morgan fingerprint density at radius 3 is 2.89 bits per heavy atom. The molecular weight excluding hydrogens is 266 g/mol. The lowest BCUT2D eigenvalue weighted by Gasteiger charge is -2.18. The number of H-pyrrole nitrogens is 1. The van der Waals surface area contributed by atoms with Gasteiger partial charge in [-0.25, -0.2) is 4.98 Å². The molecule has 18 heavy (non-hydrogen) atoms. The standard InChI is InChI=1S/C12H15N3OS2/c1-7-5-10(16)15-12(14-7)18-11(8(2)13)9-3-4-17-6-9/h3-6,8,11H,13H2,1-2H3,(H,14,15,16). The fraction of sp³-hybridized carbons (Fsp3) is 0.333. The van der Waals surface area contributed by atoms with Gasteiger partial charge in [-0.1, -0.05) is 11.8 Å². The zero-order valence-electron chi connectivity index (χ0n) is 10.2. The molecule has 0 saturated heterocycles. The van der Waals surface area contributed by atoms with Crippen molar-refractivity contribution >= 4 is 23.1 Å². The van der Waals surface area contributed by atoms with Crippen LogP contribution in [-0.4, -0.2) is 16.0 Å². The lowest BCUT2D eigenvalue weighted by atomic mass is 10.1. The van der Waals surface area contributed by atoms with Gasteiger partial charge in [0, 0.05) is 17.8 Å². The van der Waals surface area contributed by atoms with Crippen LogP contribution in [0.3, 0.4) is 0 Å². The van der Waals surface area contributed by atoms with Crippen LogP contribution in [0.1, 0.15) is 23.4 Å². The first-order chi connectivity index (χ1) is 8.56. The molecule has 4 nitrogen and oxygen atoms in total. The minimum Gasteiger partial charge on any atom is -0.327 e. The van der Waals surface area contributed by atoms with Crippen molar-refractivity contribution in [2.75, 3.05) is 0 Å². The summed E-state index contributed by atoms with van der Waals surface area (Å²) >= 11 is 3.14. The van der Waals surface area contributed by atoms with E-state index in [1.54, 1.807) is 11.3 Å². The molecule has 2 unspecified atom stereocenters. The van der Waals surface area contributed by atoms with E-state index >= 15 is 0 Å². The molecule has 2 aromatic heterocycles. The second kappa shape index (κ2) is 5.69. The average molecular weight is 281 g/mol. The van der Waals surface area contributed by atoms with Crippen LogP contribution in [0.4, 0.5) is 0 Å². The smallest absolute Gasteiger partial charge is 0.251 e. The Balaban J connectivity index is 2.27. The highest BCUT2D eigenvalue weighted by atomic mass is 32.2. The second-order valence-electron chi connectivity index (χ2n) is 4.15. The Morgan fingerprint density at radius 2 is 2.33 bits per heavy atom. The van der Waals surface area contributed by atoms with Gasteiger partial charge < -0.3 is 10.7 Å². The normalized spacial score (nSPS) is 14.4. The Labute approximate surface area is 114 Å². The molecule has 2 aromatic rings. The number of aromatic nitrogens is 2. The van der Waals surface area contributed by atoms with Gasteiger partial charge in [-0.05, 0) is 36.2 Å². The summed E-state index contributed by atoms with van der Waals surface area (Å²) in [6.07, 6.45) is 0. The zero-order valence-corrected chi connectivity index (χ0v) is 11.8. The summed E-state index contributed by atoms with van der Waals surface area (Å²) in [5.41, 5.74) is 7.78. The SMILES string of the molecule is Cc1cc(=O)[nH]c(SC(c2ccsc2)C(C)N)n1. The summed E-state index contributed by atoms with van der Waals surface area (Å²) in [4.78, 5) is 18.5. The molecule has 0 saturated carbocycles. The lowest BCUT2D eigenvalue weighted by Crippen LogP contribution is -2.23. The van der Waals surface area contributed by atoms with Crippen LogP contribution in [0.5, 0.6) is 0 Å². The van der Waals surface area contributed by atoms with Crippen molar-refractivity contribution in [1.29, 1.82) is 0 Å². The van der Waals surface area contributed by atoms with Crippen LogP contribution in [0.15, 0.2) is 32.8 Å². The second-order valence-corrected chi connectivity index (χ2v) is 6.06. The Kier molecular flexibility index (Phi) is 4.21. The van der Waals surface area contributed by atoms with Crippen molar-refractivity contribution in [3.05, 3.63) is 44.5 Å². The largest absolute Gasteiger partial charge is 0.327 e. The maximum absolute atomic E-state index is 11.4. The summed E-state index contributed by atoms with van der Waals surface area (Å²) in [6.45, 7) is 3.77. The third-order valence-electron chi connectivity index (χ3n) is 2.44. The molecule has 96 valence electrons. The molecule has 0 aliphatic heterocycles. The van der Waals surface area contributed by atoms with Gasteiger partial charge in [-0.2, -0.15) is 11.3 Å². The van der Waals surface area contributed by atoms with E-state index in [0.29, 0.717) is 5.16 Å². The molecule has 0 bridgehead atoms. The van der Waals surface area contributed by atoms with Crippen molar-refractivity contribution in [3.8, 4) is 0 Å². The van der Waals surface area contributed by atoms with Crippen molar-refractivity contribution in [1.82, 2.24) is 9.97 Å². The Morgan fingerprint density at radius 1 is 1.56 bits per heavy atom. The Hall–Kier alpha value is -1.11. The summed E-state index contributed by atoms with van der Waals surface area (Å²) < 4.78 is 0. The van der Waals surface area contributed by atoms with Crippen LogP contribution in [0, 0.1) is 6.92 Å². The third kappa shape index (κ3) is 3.22. The van der Waals surface area contributed by atoms with Gasteiger partial charge in [0.2, 0.25) is 0 Å². The summed E-state index contributed by atoms with van der Waals surface area (Å²) in [5.74, 6) is 0. The molecule has 0 fully saturated rings. The number of hydrogen-bond donors (Lipinski definition) is 2. The highest BCUT2D eigenvalue weighted by molar-refractivity contribution is 7.99. The molecule has 2 rings (SSSR count). The summed E-state index contributed by atoms with van der Waals surface area (Å²) in [6, 6.07) is 3.52. The van der Waals surface area contributed by atoms with Gasteiger partial charge in [0.25, 0.3) is 5.56 Å². The minimum atomic E-state index is -0.126. The van der Waals surface area contributed by atoms with E-state index in [0.717, 1.165) is 5.69 Å². The number of rotatable bonds is 4. The predicted octanol–water partition coefficient (Wildman–Crippen LogP) is 2.32. The van der Waals surface area contributed by atoms with Gasteiger partial charge in [0.15, 0.2) is 5.16 Å². The van der Waals surface area contributed by atoms with Crippen molar-refractivity contribution < 1.29 is 0 Å². The molecular formula is C12H15N3OS2. The van der Waals surface area contributed by atoms with Crippen LogP contribution in [-0.2, 0) is 0 Å². The summed E-state index contributed by atoms with van der Waals surface area (Å²) in [7, 11) is 0. The van der Waals surface area contributed by atoms with Gasteiger partial charge in [-0.15, -0.1) is 0 Å². The van der Waals surface area contributed by atoms with E-state index in [1.165, 1.54) is 23.4 Å². The highest BCUT2D eigenvalue weighted by Gasteiger charge is 2.19.